The zero-order valence-electron chi connectivity index (χ0n) is 17.3. The maximum absolute atomic E-state index is 13.6. The molecule has 0 atom stereocenters. The van der Waals surface area contributed by atoms with Crippen molar-refractivity contribution < 1.29 is 4.79 Å². The van der Waals surface area contributed by atoms with Gasteiger partial charge >= 0.3 is 0 Å². The van der Waals surface area contributed by atoms with E-state index in [1.807, 2.05) is 103 Å². The summed E-state index contributed by atoms with van der Waals surface area (Å²) in [7, 11) is 1.85. The highest BCUT2D eigenvalue weighted by Gasteiger charge is 2.26. The van der Waals surface area contributed by atoms with Crippen LogP contribution < -0.4 is 0 Å². The van der Waals surface area contributed by atoms with Gasteiger partial charge in [-0.15, -0.1) is 0 Å². The summed E-state index contributed by atoms with van der Waals surface area (Å²) in [6.07, 6.45) is 0.703. The fraction of sp³-hybridized carbons (Fsp3) is 0.154. The van der Waals surface area contributed by atoms with E-state index in [2.05, 4.69) is 6.92 Å². The van der Waals surface area contributed by atoms with E-state index in [0.29, 0.717) is 18.5 Å². The molecule has 4 aromatic rings. The maximum Gasteiger partial charge on any atom is 0.258 e. The molecule has 4 heteroatoms. The predicted molar refractivity (Wildman–Crippen MR) is 121 cm³/mol. The van der Waals surface area contributed by atoms with Crippen molar-refractivity contribution >= 4 is 5.91 Å². The van der Waals surface area contributed by atoms with Gasteiger partial charge < -0.3 is 4.90 Å². The maximum atomic E-state index is 13.6. The molecule has 0 saturated heterocycles. The second-order valence-electron chi connectivity index (χ2n) is 7.28. The van der Waals surface area contributed by atoms with Crippen LogP contribution in [-0.2, 0) is 13.0 Å². The van der Waals surface area contributed by atoms with Crippen molar-refractivity contribution in [3.63, 3.8) is 0 Å². The van der Waals surface area contributed by atoms with Gasteiger partial charge in [0.25, 0.3) is 5.91 Å². The van der Waals surface area contributed by atoms with E-state index in [-0.39, 0.29) is 5.91 Å². The molecule has 0 fully saturated rings. The lowest BCUT2D eigenvalue weighted by molar-refractivity contribution is 0.0784. The number of benzene rings is 3. The Hall–Kier alpha value is -3.66. The molecule has 0 saturated carbocycles. The van der Waals surface area contributed by atoms with Crippen LogP contribution in [0.5, 0.6) is 0 Å². The molecule has 1 amide bonds. The summed E-state index contributed by atoms with van der Waals surface area (Å²) in [5.41, 5.74) is 5.31. The van der Waals surface area contributed by atoms with Gasteiger partial charge in [0.15, 0.2) is 0 Å². The van der Waals surface area contributed by atoms with Crippen molar-refractivity contribution in [3.05, 3.63) is 108 Å². The van der Waals surface area contributed by atoms with Crippen LogP contribution in [0.15, 0.2) is 91.0 Å². The molecule has 4 nitrogen and oxygen atoms in total. The normalized spacial score (nSPS) is 10.7. The predicted octanol–water partition coefficient (Wildman–Crippen LogP) is 5.37. The molecule has 3 aromatic carbocycles. The van der Waals surface area contributed by atoms with Crippen molar-refractivity contribution in [1.82, 2.24) is 14.7 Å². The van der Waals surface area contributed by atoms with Crippen molar-refractivity contribution in [2.24, 2.45) is 0 Å². The largest absolute Gasteiger partial charge is 0.337 e. The Kier molecular flexibility index (Phi) is 5.75. The molecule has 1 aromatic heterocycles. The minimum Gasteiger partial charge on any atom is -0.337 e. The summed E-state index contributed by atoms with van der Waals surface area (Å²) in [4.78, 5) is 15.4. The van der Waals surface area contributed by atoms with Crippen LogP contribution in [0.1, 0.15) is 28.5 Å². The van der Waals surface area contributed by atoms with Gasteiger partial charge in [0.1, 0.15) is 5.69 Å². The Bertz CT molecular complexity index is 1120. The summed E-state index contributed by atoms with van der Waals surface area (Å²) in [6, 6.07) is 30.0. The van der Waals surface area contributed by atoms with Crippen LogP contribution >= 0.6 is 0 Å². The van der Waals surface area contributed by atoms with E-state index in [0.717, 1.165) is 28.2 Å². The average Bonchev–Trinajstić information content (AvgIpc) is 3.20. The summed E-state index contributed by atoms with van der Waals surface area (Å²) < 4.78 is 1.91. The van der Waals surface area contributed by atoms with E-state index in [4.69, 9.17) is 5.10 Å². The lowest BCUT2D eigenvalue weighted by Gasteiger charge is -2.18. The first-order valence-electron chi connectivity index (χ1n) is 10.2. The number of nitrogens with zero attached hydrogens (tertiary/aromatic N) is 3. The van der Waals surface area contributed by atoms with Crippen molar-refractivity contribution in [2.75, 3.05) is 7.05 Å². The van der Waals surface area contributed by atoms with Crippen LogP contribution in [0, 0.1) is 0 Å². The highest BCUT2D eigenvalue weighted by Crippen LogP contribution is 2.29. The lowest BCUT2D eigenvalue weighted by Crippen LogP contribution is -2.27. The zero-order chi connectivity index (χ0) is 20.9. The van der Waals surface area contributed by atoms with Gasteiger partial charge in [-0.2, -0.15) is 5.10 Å². The summed E-state index contributed by atoms with van der Waals surface area (Å²) in [5.74, 6) is -0.0169. The highest BCUT2D eigenvalue weighted by molar-refractivity contribution is 6.01. The molecule has 150 valence electrons. The van der Waals surface area contributed by atoms with Gasteiger partial charge in [-0.05, 0) is 24.1 Å². The van der Waals surface area contributed by atoms with Crippen LogP contribution in [-0.4, -0.2) is 27.6 Å². The van der Waals surface area contributed by atoms with Crippen LogP contribution in [0.4, 0.5) is 0 Å². The zero-order valence-corrected chi connectivity index (χ0v) is 17.3. The van der Waals surface area contributed by atoms with E-state index in [9.17, 15) is 4.79 Å². The van der Waals surface area contributed by atoms with E-state index >= 15 is 0 Å². The van der Waals surface area contributed by atoms with Gasteiger partial charge in [-0.25, -0.2) is 4.68 Å². The number of hydrogen-bond acceptors (Lipinski definition) is 2. The molecule has 0 aliphatic heterocycles. The molecule has 4 rings (SSSR count). The minimum atomic E-state index is -0.0169. The molecule has 1 heterocycles. The number of rotatable bonds is 6. The van der Waals surface area contributed by atoms with Crippen LogP contribution in [0.2, 0.25) is 0 Å². The first kappa shape index (κ1) is 19.6. The van der Waals surface area contributed by atoms with E-state index < -0.39 is 0 Å². The third-order valence-corrected chi connectivity index (χ3v) is 5.19. The number of carbonyl (C=O) groups is 1. The molecule has 30 heavy (non-hydrogen) atoms. The molecular formula is C26H25N3O. The molecule has 0 radical (unpaired) electrons. The van der Waals surface area contributed by atoms with E-state index in [1.54, 1.807) is 4.90 Å². The Balaban J connectivity index is 1.82. The number of para-hydroxylation sites is 1. The monoisotopic (exact) mass is 395 g/mol. The molecular weight excluding hydrogens is 370 g/mol. The Morgan fingerprint density at radius 1 is 0.867 bits per heavy atom. The minimum absolute atomic E-state index is 0.0169. The number of aromatic nitrogens is 2. The Morgan fingerprint density at radius 3 is 2.03 bits per heavy atom. The van der Waals surface area contributed by atoms with Crippen molar-refractivity contribution in [1.29, 1.82) is 0 Å². The second kappa shape index (κ2) is 8.78. The Morgan fingerprint density at radius 2 is 1.43 bits per heavy atom. The first-order chi connectivity index (χ1) is 14.7. The summed E-state index contributed by atoms with van der Waals surface area (Å²) >= 11 is 0. The molecule has 0 bridgehead atoms. The van der Waals surface area contributed by atoms with Gasteiger partial charge in [0, 0.05) is 19.2 Å². The molecule has 0 N–H and O–H groups in total. The smallest absolute Gasteiger partial charge is 0.258 e. The van der Waals surface area contributed by atoms with Gasteiger partial charge in [0.05, 0.1) is 16.9 Å². The quantitative estimate of drug-likeness (QED) is 0.440. The van der Waals surface area contributed by atoms with Gasteiger partial charge in [0.2, 0.25) is 0 Å². The third-order valence-electron chi connectivity index (χ3n) is 5.19. The van der Waals surface area contributed by atoms with Gasteiger partial charge in [-0.3, -0.25) is 4.79 Å². The SMILES string of the molecule is CCc1c(C(=O)N(C)Cc2ccccc2)c(-c2ccccc2)nn1-c1ccccc1. The molecule has 0 aliphatic carbocycles. The second-order valence-corrected chi connectivity index (χ2v) is 7.28. The summed E-state index contributed by atoms with van der Waals surface area (Å²) in [6.45, 7) is 2.62. The lowest BCUT2D eigenvalue weighted by atomic mass is 10.0. The summed E-state index contributed by atoms with van der Waals surface area (Å²) in [5, 5.41) is 4.90. The molecule has 0 spiro atoms. The fourth-order valence-corrected chi connectivity index (χ4v) is 3.71. The first-order valence-corrected chi connectivity index (χ1v) is 10.2. The molecule has 0 unspecified atom stereocenters. The topological polar surface area (TPSA) is 38.1 Å². The van der Waals surface area contributed by atoms with Crippen molar-refractivity contribution in [2.45, 2.75) is 19.9 Å². The van der Waals surface area contributed by atoms with Crippen molar-refractivity contribution in [3.8, 4) is 16.9 Å². The third kappa shape index (κ3) is 3.90. The highest BCUT2D eigenvalue weighted by atomic mass is 16.2. The van der Waals surface area contributed by atoms with E-state index in [1.165, 1.54) is 0 Å². The number of carbonyl (C=O) groups excluding carboxylic acids is 1. The van der Waals surface area contributed by atoms with Crippen LogP contribution in [0.25, 0.3) is 16.9 Å². The standard InChI is InChI=1S/C26H25N3O/c1-3-23-24(26(30)28(2)19-20-13-7-4-8-14-20)25(21-15-9-5-10-16-21)27-29(23)22-17-11-6-12-18-22/h4-18H,3,19H2,1-2H3. The van der Waals surface area contributed by atoms with Gasteiger partial charge in [-0.1, -0.05) is 85.8 Å². The fourth-order valence-electron chi connectivity index (χ4n) is 3.71. The average molecular weight is 396 g/mol. The number of hydrogen-bond donors (Lipinski definition) is 0. The number of amides is 1. The Labute approximate surface area is 177 Å². The molecule has 0 aliphatic rings. The van der Waals surface area contributed by atoms with Crippen LogP contribution in [0.3, 0.4) is 0 Å².